The molecule has 6 nitrogen and oxygen atoms in total. The Balaban J connectivity index is 2.35. The summed E-state index contributed by atoms with van der Waals surface area (Å²) in [4.78, 5) is 40.4. The fourth-order valence-corrected chi connectivity index (χ4v) is 3.80. The van der Waals surface area contributed by atoms with Crippen LogP contribution < -0.4 is 0 Å². The van der Waals surface area contributed by atoms with Gasteiger partial charge in [-0.3, -0.25) is 4.79 Å². The molecule has 0 spiro atoms. The van der Waals surface area contributed by atoms with Crippen molar-refractivity contribution in [2.75, 3.05) is 12.0 Å². The molecule has 1 saturated heterocycles. The number of imide groups is 1. The summed E-state index contributed by atoms with van der Waals surface area (Å²) in [5, 5.41) is 9.61. The van der Waals surface area contributed by atoms with Crippen LogP contribution in [0, 0.1) is 12.8 Å². The van der Waals surface area contributed by atoms with Crippen molar-refractivity contribution >= 4 is 29.7 Å². The van der Waals surface area contributed by atoms with E-state index in [1.807, 2.05) is 51.3 Å². The Morgan fingerprint density at radius 2 is 1.89 bits per heavy atom. The molecular weight excluding hydrogens is 364 g/mol. The third-order valence-corrected chi connectivity index (χ3v) is 5.77. The second-order valence-electron chi connectivity index (χ2n) is 7.07. The highest BCUT2D eigenvalue weighted by Crippen LogP contribution is 2.30. The lowest BCUT2D eigenvalue weighted by atomic mass is 9.97. The lowest BCUT2D eigenvalue weighted by Gasteiger charge is -2.26. The van der Waals surface area contributed by atoms with Gasteiger partial charge in [-0.1, -0.05) is 50.1 Å². The van der Waals surface area contributed by atoms with Gasteiger partial charge in [-0.15, -0.1) is 0 Å². The van der Waals surface area contributed by atoms with Gasteiger partial charge < -0.3 is 10.0 Å². The van der Waals surface area contributed by atoms with E-state index >= 15 is 0 Å². The summed E-state index contributed by atoms with van der Waals surface area (Å²) < 4.78 is 0. The molecule has 0 radical (unpaired) electrons. The first-order valence-electron chi connectivity index (χ1n) is 9.22. The Bertz CT molecular complexity index is 692. The van der Waals surface area contributed by atoms with Gasteiger partial charge in [0.1, 0.15) is 12.1 Å². The molecule has 2 rings (SSSR count). The molecule has 148 valence electrons. The van der Waals surface area contributed by atoms with Crippen LogP contribution in [0.25, 0.3) is 0 Å². The first-order valence-corrected chi connectivity index (χ1v) is 10.6. The maximum absolute atomic E-state index is 13.1. The molecule has 1 aromatic rings. The van der Waals surface area contributed by atoms with Gasteiger partial charge in [-0.05, 0) is 36.8 Å². The molecule has 1 aromatic carbocycles. The van der Waals surface area contributed by atoms with Gasteiger partial charge in [-0.2, -0.15) is 11.8 Å². The van der Waals surface area contributed by atoms with E-state index < -0.39 is 30.0 Å². The minimum atomic E-state index is -1.13. The molecule has 1 heterocycles. The zero-order valence-corrected chi connectivity index (χ0v) is 17.2. The fraction of sp³-hybridized carbons (Fsp3) is 0.550. The number of carboxylic acids is 1. The highest BCUT2D eigenvalue weighted by molar-refractivity contribution is 7.98. The van der Waals surface area contributed by atoms with Crippen LogP contribution in [-0.4, -0.2) is 56.9 Å². The number of carbonyl (C=O) groups is 3. The van der Waals surface area contributed by atoms with Crippen LogP contribution in [0.5, 0.6) is 0 Å². The van der Waals surface area contributed by atoms with Gasteiger partial charge in [-0.25, -0.2) is 14.5 Å². The summed E-state index contributed by atoms with van der Waals surface area (Å²) in [7, 11) is 0. The predicted octanol–water partition coefficient (Wildman–Crippen LogP) is 3.38. The molecule has 1 aliphatic heterocycles. The Labute approximate surface area is 164 Å². The Kier molecular flexibility index (Phi) is 7.30. The lowest BCUT2D eigenvalue weighted by Crippen LogP contribution is -2.46. The zero-order chi connectivity index (χ0) is 20.1. The number of aryl methyl sites for hydroxylation is 1. The number of hydrogen-bond acceptors (Lipinski definition) is 4. The largest absolute Gasteiger partial charge is 0.480 e. The highest BCUT2D eigenvalue weighted by atomic mass is 32.2. The molecular formula is C20H28N2O4S. The van der Waals surface area contributed by atoms with Crippen LogP contribution in [-0.2, 0) is 16.1 Å². The van der Waals surface area contributed by atoms with E-state index in [4.69, 9.17) is 0 Å². The maximum atomic E-state index is 13.1. The van der Waals surface area contributed by atoms with Gasteiger partial charge >= 0.3 is 12.0 Å². The average Bonchev–Trinajstić information content (AvgIpc) is 2.87. The van der Waals surface area contributed by atoms with Crippen molar-refractivity contribution in [3.8, 4) is 0 Å². The predicted molar refractivity (Wildman–Crippen MR) is 107 cm³/mol. The van der Waals surface area contributed by atoms with Crippen molar-refractivity contribution in [3.63, 3.8) is 0 Å². The molecule has 0 aromatic heterocycles. The first kappa shape index (κ1) is 21.3. The molecule has 3 amide bonds. The molecule has 3 atom stereocenters. The first-order chi connectivity index (χ1) is 12.8. The van der Waals surface area contributed by atoms with Crippen molar-refractivity contribution < 1.29 is 19.5 Å². The summed E-state index contributed by atoms with van der Waals surface area (Å²) in [6.07, 6.45) is 2.85. The molecule has 1 aliphatic rings. The minimum absolute atomic E-state index is 0.0492. The second-order valence-corrected chi connectivity index (χ2v) is 8.06. The Hall–Kier alpha value is -2.02. The van der Waals surface area contributed by atoms with Crippen molar-refractivity contribution in [2.24, 2.45) is 5.92 Å². The number of amides is 3. The second kappa shape index (κ2) is 9.26. The number of hydrogen-bond donors (Lipinski definition) is 1. The Morgan fingerprint density at radius 3 is 2.41 bits per heavy atom. The van der Waals surface area contributed by atoms with Crippen molar-refractivity contribution in [2.45, 2.75) is 52.2 Å². The van der Waals surface area contributed by atoms with E-state index in [9.17, 15) is 19.5 Å². The quantitative estimate of drug-likeness (QED) is 0.652. The summed E-state index contributed by atoms with van der Waals surface area (Å²) in [5.74, 6) is -1.01. The van der Waals surface area contributed by atoms with Crippen LogP contribution >= 0.6 is 11.8 Å². The summed E-state index contributed by atoms with van der Waals surface area (Å²) >= 11 is 1.50. The van der Waals surface area contributed by atoms with Crippen molar-refractivity contribution in [3.05, 3.63) is 35.4 Å². The third kappa shape index (κ3) is 4.64. The Morgan fingerprint density at radius 1 is 1.26 bits per heavy atom. The van der Waals surface area contributed by atoms with Gasteiger partial charge in [0.15, 0.2) is 0 Å². The number of urea groups is 1. The molecule has 1 N–H and O–H groups in total. The van der Waals surface area contributed by atoms with Gasteiger partial charge in [0, 0.05) is 6.54 Å². The van der Waals surface area contributed by atoms with Gasteiger partial charge in [0.2, 0.25) is 0 Å². The summed E-state index contributed by atoms with van der Waals surface area (Å²) in [5.41, 5.74) is 2.04. The number of nitrogens with zero attached hydrogens (tertiary/aromatic N) is 2. The number of benzene rings is 1. The van der Waals surface area contributed by atoms with Crippen molar-refractivity contribution in [1.29, 1.82) is 0 Å². The van der Waals surface area contributed by atoms with Gasteiger partial charge in [0.05, 0.1) is 0 Å². The molecule has 1 fully saturated rings. The van der Waals surface area contributed by atoms with E-state index in [2.05, 4.69) is 0 Å². The fourth-order valence-electron chi connectivity index (χ4n) is 3.34. The minimum Gasteiger partial charge on any atom is -0.480 e. The lowest BCUT2D eigenvalue weighted by molar-refractivity contribution is -0.147. The van der Waals surface area contributed by atoms with Crippen LogP contribution in [0.3, 0.4) is 0 Å². The molecule has 0 saturated carbocycles. The molecule has 27 heavy (non-hydrogen) atoms. The van der Waals surface area contributed by atoms with Gasteiger partial charge in [0.25, 0.3) is 5.91 Å². The van der Waals surface area contributed by atoms with Crippen LogP contribution in [0.2, 0.25) is 0 Å². The third-order valence-electron chi connectivity index (χ3n) is 5.13. The van der Waals surface area contributed by atoms with E-state index in [1.165, 1.54) is 16.7 Å². The van der Waals surface area contributed by atoms with Crippen LogP contribution in [0.15, 0.2) is 24.3 Å². The number of thioether (sulfide) groups is 1. The van der Waals surface area contributed by atoms with E-state index in [-0.39, 0.29) is 12.3 Å². The molecule has 0 bridgehead atoms. The summed E-state index contributed by atoms with van der Waals surface area (Å²) in [6, 6.07) is 5.56. The normalized spacial score (nSPS) is 19.5. The molecule has 3 unspecified atom stereocenters. The topological polar surface area (TPSA) is 77.9 Å². The average molecular weight is 393 g/mol. The van der Waals surface area contributed by atoms with Crippen LogP contribution in [0.4, 0.5) is 4.79 Å². The maximum Gasteiger partial charge on any atom is 0.328 e. The van der Waals surface area contributed by atoms with E-state index in [1.54, 1.807) is 0 Å². The van der Waals surface area contributed by atoms with Crippen molar-refractivity contribution in [1.82, 2.24) is 9.80 Å². The molecule has 0 aliphatic carbocycles. The molecule has 7 heteroatoms. The number of rotatable bonds is 9. The standard InChI is InChI=1S/C20H28N2O4S/c1-5-14(3)17-18(23)22(16(19(24)25)10-11-27-4)20(26)21(17)12-15-8-6-13(2)7-9-15/h6-9,14,16-17H,5,10-12H2,1-4H3,(H,24,25). The summed E-state index contributed by atoms with van der Waals surface area (Å²) in [6.45, 7) is 6.18. The SMILES string of the molecule is CCC(C)C1C(=O)N(C(CCSC)C(=O)O)C(=O)N1Cc1ccc(C)cc1. The van der Waals surface area contributed by atoms with Crippen LogP contribution in [0.1, 0.15) is 37.8 Å². The monoisotopic (exact) mass is 392 g/mol. The van der Waals surface area contributed by atoms with E-state index in [0.29, 0.717) is 12.3 Å². The highest BCUT2D eigenvalue weighted by Gasteiger charge is 2.51. The number of carbonyl (C=O) groups excluding carboxylic acids is 2. The number of carboxylic acid groups (broad SMARTS) is 1. The smallest absolute Gasteiger partial charge is 0.328 e. The van der Waals surface area contributed by atoms with E-state index in [0.717, 1.165) is 22.4 Å². The zero-order valence-electron chi connectivity index (χ0n) is 16.3. The number of aliphatic carboxylic acids is 1.